The third-order valence-electron chi connectivity index (χ3n) is 4.99. The molecule has 1 nitrogen and oxygen atoms in total. The van der Waals surface area contributed by atoms with Gasteiger partial charge < -0.3 is 5.11 Å². The third-order valence-corrected chi connectivity index (χ3v) is 10.7. The van der Waals surface area contributed by atoms with Crippen molar-refractivity contribution >= 4 is 8.07 Å². The maximum atomic E-state index is 8.69. The molecule has 0 unspecified atom stereocenters. The number of rotatable bonds is 11. The molecule has 0 spiro atoms. The highest BCUT2D eigenvalue weighted by Gasteiger charge is 2.33. The van der Waals surface area contributed by atoms with Crippen LogP contribution < -0.4 is 0 Å². The minimum Gasteiger partial charge on any atom is -0.396 e. The van der Waals surface area contributed by atoms with Gasteiger partial charge in [0.2, 0.25) is 0 Å². The van der Waals surface area contributed by atoms with Crippen molar-refractivity contribution in [2.75, 3.05) is 6.61 Å². The molecule has 0 heterocycles. The van der Waals surface area contributed by atoms with Gasteiger partial charge in [-0.25, -0.2) is 0 Å². The van der Waals surface area contributed by atoms with Crippen molar-refractivity contribution in [2.24, 2.45) is 0 Å². The lowest BCUT2D eigenvalue weighted by atomic mass is 10.1. The zero-order valence-corrected chi connectivity index (χ0v) is 15.2. The molecular weight excluding hydrogens is 248 g/mol. The van der Waals surface area contributed by atoms with Gasteiger partial charge in [0, 0.05) is 6.61 Å². The molecule has 0 aromatic rings. The van der Waals surface area contributed by atoms with Crippen molar-refractivity contribution in [3.8, 4) is 0 Å². The van der Waals surface area contributed by atoms with E-state index in [2.05, 4.69) is 33.9 Å². The van der Waals surface area contributed by atoms with Crippen molar-refractivity contribution in [2.45, 2.75) is 103 Å². The Kier molecular flexibility index (Phi) is 10.1. The summed E-state index contributed by atoms with van der Waals surface area (Å²) >= 11 is 0. The molecular formula is C17H38OSi. The summed E-state index contributed by atoms with van der Waals surface area (Å²) in [5, 5.41) is 9.25. The topological polar surface area (TPSA) is 20.2 Å². The summed E-state index contributed by atoms with van der Waals surface area (Å²) in [5.41, 5.74) is 0. The predicted octanol–water partition coefficient (Wildman–Crippen LogP) is 6.00. The van der Waals surface area contributed by atoms with Crippen molar-refractivity contribution in [3.05, 3.63) is 0 Å². The Balaban J connectivity index is 3.37. The van der Waals surface area contributed by atoms with Crippen LogP contribution in [0.15, 0.2) is 0 Å². The fourth-order valence-electron chi connectivity index (χ4n) is 2.29. The van der Waals surface area contributed by atoms with Gasteiger partial charge >= 0.3 is 0 Å². The molecule has 0 aliphatic rings. The van der Waals surface area contributed by atoms with Gasteiger partial charge in [-0.3, -0.25) is 0 Å². The van der Waals surface area contributed by atoms with Crippen LogP contribution in [0.4, 0.5) is 0 Å². The van der Waals surface area contributed by atoms with Crippen LogP contribution in [-0.2, 0) is 0 Å². The van der Waals surface area contributed by atoms with Crippen LogP contribution >= 0.6 is 0 Å². The Morgan fingerprint density at radius 1 is 0.684 bits per heavy atom. The number of aliphatic hydroxyl groups is 1. The first-order valence-electron chi connectivity index (χ1n) is 8.42. The standard InChI is InChI=1S/C17H38OSi/c1-17(2,3)19(4,5)16-14-12-10-8-6-7-9-11-13-15-18/h18H,6-16H2,1-5H3. The van der Waals surface area contributed by atoms with Gasteiger partial charge in [-0.05, 0) is 11.5 Å². The molecule has 116 valence electrons. The monoisotopic (exact) mass is 286 g/mol. The normalized spacial score (nSPS) is 12.9. The van der Waals surface area contributed by atoms with E-state index in [4.69, 9.17) is 5.11 Å². The molecule has 0 aliphatic heterocycles. The first kappa shape index (κ1) is 19.2. The molecule has 19 heavy (non-hydrogen) atoms. The third kappa shape index (κ3) is 9.67. The van der Waals surface area contributed by atoms with Gasteiger partial charge in [-0.2, -0.15) is 0 Å². The lowest BCUT2D eigenvalue weighted by Crippen LogP contribution is -2.36. The van der Waals surface area contributed by atoms with Crippen LogP contribution in [0.5, 0.6) is 0 Å². The number of hydrogen-bond donors (Lipinski definition) is 1. The summed E-state index contributed by atoms with van der Waals surface area (Å²) in [4.78, 5) is 0. The van der Waals surface area contributed by atoms with E-state index in [9.17, 15) is 0 Å². The first-order valence-corrected chi connectivity index (χ1v) is 11.6. The number of hydrogen-bond acceptors (Lipinski definition) is 1. The quantitative estimate of drug-likeness (QED) is 0.365. The van der Waals surface area contributed by atoms with E-state index in [1.165, 1.54) is 57.4 Å². The van der Waals surface area contributed by atoms with Gasteiger partial charge in [0.1, 0.15) is 0 Å². The molecule has 0 saturated carbocycles. The summed E-state index contributed by atoms with van der Waals surface area (Å²) in [5.74, 6) is 0. The summed E-state index contributed by atoms with van der Waals surface area (Å²) < 4.78 is 0. The summed E-state index contributed by atoms with van der Waals surface area (Å²) in [6.45, 7) is 12.7. The van der Waals surface area contributed by atoms with Crippen LogP contribution in [0, 0.1) is 0 Å². The van der Waals surface area contributed by atoms with Gasteiger partial charge in [-0.15, -0.1) is 0 Å². The highest BCUT2D eigenvalue weighted by molar-refractivity contribution is 6.80. The minimum absolute atomic E-state index is 0.369. The molecule has 0 atom stereocenters. The lowest BCUT2D eigenvalue weighted by molar-refractivity contribution is 0.282. The summed E-state index contributed by atoms with van der Waals surface area (Å²) in [6, 6.07) is 1.49. The molecule has 0 aromatic heterocycles. The SMILES string of the molecule is CC(C)(C)[Si](C)(C)CCCCCCCCCCCO. The molecule has 0 radical (unpaired) electrons. The van der Waals surface area contributed by atoms with E-state index >= 15 is 0 Å². The van der Waals surface area contributed by atoms with Gasteiger partial charge in [0.05, 0.1) is 8.07 Å². The Labute approximate surface area is 123 Å². The van der Waals surface area contributed by atoms with Crippen molar-refractivity contribution < 1.29 is 5.11 Å². The highest BCUT2D eigenvalue weighted by Crippen LogP contribution is 2.39. The van der Waals surface area contributed by atoms with Crippen LogP contribution in [0.3, 0.4) is 0 Å². The molecule has 0 fully saturated rings. The number of unbranched alkanes of at least 4 members (excludes halogenated alkanes) is 8. The Bertz CT molecular complexity index is 206. The summed E-state index contributed by atoms with van der Waals surface area (Å²) in [6.07, 6.45) is 12.0. The van der Waals surface area contributed by atoms with Crippen molar-refractivity contribution in [1.82, 2.24) is 0 Å². The first-order chi connectivity index (χ1) is 8.81. The zero-order chi connectivity index (χ0) is 14.8. The lowest BCUT2D eigenvalue weighted by Gasteiger charge is -2.37. The highest BCUT2D eigenvalue weighted by atomic mass is 28.3. The Morgan fingerprint density at radius 3 is 1.42 bits per heavy atom. The second-order valence-corrected chi connectivity index (χ2v) is 13.6. The second-order valence-electron chi connectivity index (χ2n) is 7.79. The average Bonchev–Trinajstić information content (AvgIpc) is 2.30. The van der Waals surface area contributed by atoms with E-state index < -0.39 is 8.07 Å². The fraction of sp³-hybridized carbons (Fsp3) is 1.00. The van der Waals surface area contributed by atoms with Crippen molar-refractivity contribution in [1.29, 1.82) is 0 Å². The van der Waals surface area contributed by atoms with Gasteiger partial charge in [0.25, 0.3) is 0 Å². The van der Waals surface area contributed by atoms with Crippen molar-refractivity contribution in [3.63, 3.8) is 0 Å². The van der Waals surface area contributed by atoms with Crippen LogP contribution in [0.1, 0.15) is 78.6 Å². The van der Waals surface area contributed by atoms with Crippen LogP contribution in [-0.4, -0.2) is 19.8 Å². The van der Waals surface area contributed by atoms with Gasteiger partial charge in [0.15, 0.2) is 0 Å². The Morgan fingerprint density at radius 2 is 1.05 bits per heavy atom. The average molecular weight is 287 g/mol. The Hall–Kier alpha value is 0.177. The largest absolute Gasteiger partial charge is 0.396 e. The van der Waals surface area contributed by atoms with Gasteiger partial charge in [-0.1, -0.05) is 91.3 Å². The summed E-state index contributed by atoms with van der Waals surface area (Å²) in [7, 11) is -1.02. The second kappa shape index (κ2) is 9.98. The molecule has 0 saturated heterocycles. The maximum absolute atomic E-state index is 8.69. The van der Waals surface area contributed by atoms with E-state index in [0.717, 1.165) is 6.42 Å². The molecule has 0 bridgehead atoms. The predicted molar refractivity (Wildman–Crippen MR) is 90.6 cm³/mol. The molecule has 0 rings (SSSR count). The fourth-order valence-corrected chi connectivity index (χ4v) is 4.18. The number of aliphatic hydroxyl groups excluding tert-OH is 1. The minimum atomic E-state index is -1.02. The van der Waals surface area contributed by atoms with E-state index in [-0.39, 0.29) is 0 Å². The van der Waals surface area contributed by atoms with Crippen LogP contribution in [0.2, 0.25) is 24.2 Å². The molecule has 1 N–H and O–H groups in total. The molecule has 0 aliphatic carbocycles. The zero-order valence-electron chi connectivity index (χ0n) is 14.2. The smallest absolute Gasteiger partial charge is 0.0527 e. The molecule has 2 heteroatoms. The van der Waals surface area contributed by atoms with E-state index in [1.54, 1.807) is 0 Å². The van der Waals surface area contributed by atoms with E-state index in [1.807, 2.05) is 0 Å². The van der Waals surface area contributed by atoms with Crippen LogP contribution in [0.25, 0.3) is 0 Å². The molecule has 0 amide bonds. The maximum Gasteiger partial charge on any atom is 0.0527 e. The molecule has 0 aromatic carbocycles. The van der Waals surface area contributed by atoms with E-state index in [0.29, 0.717) is 11.6 Å².